The van der Waals surface area contributed by atoms with Gasteiger partial charge >= 0.3 is 16.6 Å². The number of rotatable bonds is 13. The highest BCUT2D eigenvalue weighted by Gasteiger charge is 2.53. The van der Waals surface area contributed by atoms with E-state index in [1.165, 1.54) is 16.4 Å². The van der Waals surface area contributed by atoms with E-state index in [4.69, 9.17) is 8.85 Å². The lowest BCUT2D eigenvalue weighted by Crippen LogP contribution is -2.68. The van der Waals surface area contributed by atoms with Crippen LogP contribution in [0.4, 0.5) is 0 Å². The smallest absolute Gasteiger partial charge is 0.319 e. The zero-order valence-electron chi connectivity index (χ0n) is 33.8. The number of carbonyl (C=O) groups excluding carboxylic acids is 1. The Morgan fingerprint density at radius 3 is 1.45 bits per heavy atom. The monoisotopic (exact) mass is 774 g/mol. The maximum Gasteiger partial charge on any atom is 0.319 e. The first kappa shape index (κ1) is 40.2. The Kier molecular flexibility index (Phi) is 12.0. The summed E-state index contributed by atoms with van der Waals surface area (Å²) in [6.07, 6.45) is 5.13. The molecule has 0 unspecified atom stereocenters. The van der Waals surface area contributed by atoms with Crippen molar-refractivity contribution in [3.8, 4) is 17.2 Å². The summed E-state index contributed by atoms with van der Waals surface area (Å²) in [5.74, 6) is 0.997. The van der Waals surface area contributed by atoms with Crippen molar-refractivity contribution in [3.63, 3.8) is 0 Å². The summed E-state index contributed by atoms with van der Waals surface area (Å²) >= 11 is 0. The van der Waals surface area contributed by atoms with Crippen molar-refractivity contribution in [2.45, 2.75) is 71.4 Å². The van der Waals surface area contributed by atoms with E-state index >= 15 is 0 Å². The van der Waals surface area contributed by atoms with Crippen LogP contribution in [-0.2, 0) is 6.42 Å². The third-order valence-electron chi connectivity index (χ3n) is 10.6. The second-order valence-corrected chi connectivity index (χ2v) is 25.0. The molecule has 0 heterocycles. The van der Waals surface area contributed by atoms with Gasteiger partial charge in [0.15, 0.2) is 5.78 Å². The lowest BCUT2D eigenvalue weighted by atomic mass is 10.0. The van der Waals surface area contributed by atoms with E-state index in [9.17, 15) is 9.90 Å². The number of benzene rings is 6. The second kappa shape index (κ2) is 16.7. The molecular formula is C50H54O4Si2. The Hall–Kier alpha value is -5.44. The minimum absolute atomic E-state index is 0.115. The third-order valence-corrected chi connectivity index (χ3v) is 20.5. The van der Waals surface area contributed by atoms with Crippen LogP contribution in [0.1, 0.15) is 76.4 Å². The Morgan fingerprint density at radius 1 is 0.589 bits per heavy atom. The fourth-order valence-corrected chi connectivity index (χ4v) is 16.8. The fraction of sp³-hybridized carbons (Fsp3) is 0.220. The normalized spacial score (nSPS) is 12.4. The maximum atomic E-state index is 13.6. The quantitative estimate of drug-likeness (QED) is 0.0722. The zero-order chi connectivity index (χ0) is 40.0. The van der Waals surface area contributed by atoms with Crippen LogP contribution in [0.5, 0.6) is 17.2 Å². The van der Waals surface area contributed by atoms with Gasteiger partial charge in [-0.15, -0.1) is 0 Å². The van der Waals surface area contributed by atoms with Crippen molar-refractivity contribution in [1.29, 1.82) is 0 Å². The molecule has 0 spiro atoms. The van der Waals surface area contributed by atoms with E-state index < -0.39 is 16.6 Å². The van der Waals surface area contributed by atoms with Crippen molar-refractivity contribution in [2.24, 2.45) is 0 Å². The lowest BCUT2D eigenvalue weighted by molar-refractivity contribution is 0.104. The van der Waals surface area contributed by atoms with Crippen molar-refractivity contribution in [1.82, 2.24) is 0 Å². The van der Waals surface area contributed by atoms with E-state index in [1.54, 1.807) is 18.2 Å². The van der Waals surface area contributed by atoms with Crippen LogP contribution in [0.25, 0.3) is 6.08 Å². The van der Waals surface area contributed by atoms with Gasteiger partial charge in [-0.05, 0) is 78.7 Å². The second-order valence-electron chi connectivity index (χ2n) is 16.5. The molecule has 0 saturated carbocycles. The van der Waals surface area contributed by atoms with Crippen LogP contribution in [0.15, 0.2) is 164 Å². The van der Waals surface area contributed by atoms with E-state index in [1.807, 2.05) is 48.5 Å². The first-order valence-electron chi connectivity index (χ1n) is 19.6. The molecule has 1 N–H and O–H groups in total. The van der Waals surface area contributed by atoms with E-state index in [0.717, 1.165) is 40.1 Å². The Bertz CT molecular complexity index is 2180. The number of hydrogen-bond acceptors (Lipinski definition) is 4. The average Bonchev–Trinajstić information content (AvgIpc) is 3.19. The molecule has 0 atom stereocenters. The summed E-state index contributed by atoms with van der Waals surface area (Å²) in [6, 6.07) is 53.3. The van der Waals surface area contributed by atoms with Crippen molar-refractivity contribution in [3.05, 3.63) is 180 Å². The number of ketones is 1. The molecule has 56 heavy (non-hydrogen) atoms. The molecule has 0 aliphatic carbocycles. The maximum absolute atomic E-state index is 13.6. The Labute approximate surface area is 335 Å². The van der Waals surface area contributed by atoms with Crippen LogP contribution in [0.3, 0.4) is 0 Å². The highest BCUT2D eigenvalue weighted by molar-refractivity contribution is 7.00. The predicted molar refractivity (Wildman–Crippen MR) is 238 cm³/mol. The standard InChI is InChI=1S/C50H54O4Si2/c1-8-21-39-36-38(31-35-48(39)54-56(50(5,6)7,43-26-17-11-18-27-43)44-28-19-12-20-29-44)30-34-46(51)45-33-32-40(37-47(45)52)53-55(49(2,3)4,41-22-13-9-14-23-41)42-24-15-10-16-25-42/h9-20,22-37,52H,8,21H2,1-7H3/b34-30+. The number of phenolic OH excluding ortho intramolecular Hbond substituents is 1. The fourth-order valence-electron chi connectivity index (χ4n) is 7.95. The molecule has 6 rings (SSSR count). The molecule has 6 heteroatoms. The predicted octanol–water partition coefficient (Wildman–Crippen LogP) is 10.1. The number of allylic oxidation sites excluding steroid dienone is 1. The molecular weight excluding hydrogens is 721 g/mol. The van der Waals surface area contributed by atoms with Gasteiger partial charge in [0, 0.05) is 6.07 Å². The summed E-state index contributed by atoms with van der Waals surface area (Å²) in [6.45, 7) is 15.6. The van der Waals surface area contributed by atoms with Gasteiger partial charge < -0.3 is 14.0 Å². The van der Waals surface area contributed by atoms with Crippen molar-refractivity contribution in [2.75, 3.05) is 0 Å². The molecule has 0 radical (unpaired) electrons. The Morgan fingerprint density at radius 2 is 1.04 bits per heavy atom. The summed E-state index contributed by atoms with van der Waals surface area (Å²) < 4.78 is 14.5. The van der Waals surface area contributed by atoms with Crippen molar-refractivity contribution >= 4 is 49.2 Å². The van der Waals surface area contributed by atoms with E-state index in [-0.39, 0.29) is 27.2 Å². The SMILES string of the molecule is CCCc1cc(/C=C/C(=O)c2ccc(O[Si](c3ccccc3)(c3ccccc3)C(C)(C)C)cc2O)ccc1O[Si](c1ccccc1)(c1ccccc1)C(C)(C)C. The van der Waals surface area contributed by atoms with Gasteiger partial charge in [-0.25, -0.2) is 0 Å². The number of phenols is 1. The molecule has 0 aliphatic heterocycles. The molecule has 0 amide bonds. The highest BCUT2D eigenvalue weighted by atomic mass is 28.4. The summed E-state index contributed by atoms with van der Waals surface area (Å²) in [5.41, 5.74) is 2.21. The van der Waals surface area contributed by atoms with Gasteiger partial charge in [0.25, 0.3) is 0 Å². The van der Waals surface area contributed by atoms with Crippen molar-refractivity contribution < 1.29 is 18.8 Å². The number of aromatic hydroxyl groups is 1. The largest absolute Gasteiger partial charge is 0.534 e. The third kappa shape index (κ3) is 8.09. The van der Waals surface area contributed by atoms with Crippen LogP contribution in [0.2, 0.25) is 10.1 Å². The van der Waals surface area contributed by atoms with Gasteiger partial charge in [-0.3, -0.25) is 4.79 Å². The van der Waals surface area contributed by atoms with Gasteiger partial charge in [0.1, 0.15) is 17.2 Å². The van der Waals surface area contributed by atoms with Crippen LogP contribution in [-0.4, -0.2) is 27.5 Å². The molecule has 0 saturated heterocycles. The van der Waals surface area contributed by atoms with Crippen LogP contribution < -0.4 is 29.6 Å². The van der Waals surface area contributed by atoms with Gasteiger partial charge in [-0.2, -0.15) is 0 Å². The topological polar surface area (TPSA) is 55.8 Å². The summed E-state index contributed by atoms with van der Waals surface area (Å²) in [5, 5.41) is 15.6. The number of aryl methyl sites for hydroxylation is 1. The number of carbonyl (C=O) groups is 1. The minimum Gasteiger partial charge on any atom is -0.534 e. The molecule has 6 aromatic carbocycles. The van der Waals surface area contributed by atoms with Crippen LogP contribution >= 0.6 is 0 Å². The molecule has 4 nitrogen and oxygen atoms in total. The van der Waals surface area contributed by atoms with E-state index in [0.29, 0.717) is 5.75 Å². The van der Waals surface area contributed by atoms with Gasteiger partial charge in [0.2, 0.25) is 0 Å². The first-order valence-corrected chi connectivity index (χ1v) is 23.4. The molecule has 6 aromatic rings. The highest BCUT2D eigenvalue weighted by Crippen LogP contribution is 2.40. The molecule has 286 valence electrons. The zero-order valence-corrected chi connectivity index (χ0v) is 35.8. The molecule has 0 aromatic heterocycles. The van der Waals surface area contributed by atoms with Crippen LogP contribution in [0, 0.1) is 0 Å². The summed E-state index contributed by atoms with van der Waals surface area (Å²) in [4.78, 5) is 13.6. The number of hydrogen-bond donors (Lipinski definition) is 1. The van der Waals surface area contributed by atoms with Gasteiger partial charge in [0.05, 0.1) is 5.56 Å². The lowest BCUT2D eigenvalue weighted by Gasteiger charge is -2.43. The molecule has 0 fully saturated rings. The Balaban J connectivity index is 1.30. The average molecular weight is 775 g/mol. The first-order chi connectivity index (χ1) is 26.8. The minimum atomic E-state index is -2.92. The molecule has 0 aliphatic rings. The van der Waals surface area contributed by atoms with Gasteiger partial charge in [-0.1, -0.05) is 188 Å². The summed E-state index contributed by atoms with van der Waals surface area (Å²) in [7, 11) is -5.75. The van der Waals surface area contributed by atoms with E-state index in [2.05, 4.69) is 146 Å². The molecule has 0 bridgehead atoms.